The van der Waals surface area contributed by atoms with E-state index in [9.17, 15) is 0 Å². The van der Waals surface area contributed by atoms with Gasteiger partial charge in [-0.25, -0.2) is 0 Å². The maximum atomic E-state index is 3.86. The minimum absolute atomic E-state index is 0.950. The second-order valence-electron chi connectivity index (χ2n) is 7.42. The number of halogens is 1. The molecule has 128 valence electrons. The van der Waals surface area contributed by atoms with Gasteiger partial charge < -0.3 is 0 Å². The maximum absolute atomic E-state index is 3.86. The molecule has 0 fully saturated rings. The van der Waals surface area contributed by atoms with Gasteiger partial charge in [0.2, 0.25) is 0 Å². The first-order valence-electron chi connectivity index (χ1n) is 9.75. The molecule has 0 N–H and O–H groups in total. The summed E-state index contributed by atoms with van der Waals surface area (Å²) < 4.78 is 0. The zero-order valence-corrected chi connectivity index (χ0v) is 17.8. The average Bonchev–Trinajstić information content (AvgIpc) is 2.42. The van der Waals surface area contributed by atoms with Crippen LogP contribution < -0.4 is 0 Å². The zero-order chi connectivity index (χ0) is 15.8. The smallest absolute Gasteiger partial charge is 0.124 e. The van der Waals surface area contributed by atoms with Crippen molar-refractivity contribution in [3.8, 4) is 0 Å². The lowest BCUT2D eigenvalue weighted by molar-refractivity contribution is 0.534. The Hall–Kier alpha value is 0.697. The monoisotopic (exact) mass is 376 g/mol. The second kappa shape index (κ2) is 15.6. The van der Waals surface area contributed by atoms with E-state index in [1.54, 1.807) is 0 Å². The van der Waals surface area contributed by atoms with Crippen LogP contribution in [0, 0.1) is 0 Å². The van der Waals surface area contributed by atoms with Gasteiger partial charge in [-0.15, -0.1) is 15.3 Å². The van der Waals surface area contributed by atoms with E-state index in [0.29, 0.717) is 0 Å². The van der Waals surface area contributed by atoms with Crippen molar-refractivity contribution in [1.82, 2.24) is 0 Å². The zero-order valence-electron chi connectivity index (χ0n) is 15.2. The Morgan fingerprint density at radius 1 is 0.524 bits per heavy atom. The predicted octanol–water partition coefficient (Wildman–Crippen LogP) is 8.46. The van der Waals surface area contributed by atoms with E-state index < -0.39 is 6.69 Å². The molecule has 0 heterocycles. The summed E-state index contributed by atoms with van der Waals surface area (Å²) in [6, 6.07) is 1.45. The fourth-order valence-corrected chi connectivity index (χ4v) is 4.85. The lowest BCUT2D eigenvalue weighted by Gasteiger charge is -2.12. The van der Waals surface area contributed by atoms with E-state index in [4.69, 9.17) is 0 Å². The first-order valence-corrected chi connectivity index (χ1v) is 15.2. The Morgan fingerprint density at radius 3 is 1.10 bits per heavy atom. The molecular weight excluding hydrogens is 336 g/mol. The molecule has 0 saturated heterocycles. The number of hydrogen-bond acceptors (Lipinski definition) is 0. The molecule has 0 unspecified atom stereocenters. The molecule has 0 saturated carbocycles. The van der Waals surface area contributed by atoms with Crippen LogP contribution in [0.2, 0.25) is 19.1 Å². The normalized spacial score (nSPS) is 12.0. The molecule has 21 heavy (non-hydrogen) atoms. The molecule has 0 aliphatic carbocycles. The molecule has 0 radical (unpaired) electrons. The van der Waals surface area contributed by atoms with Crippen molar-refractivity contribution >= 4 is 22.0 Å². The second-order valence-corrected chi connectivity index (χ2v) is 17.8. The van der Waals surface area contributed by atoms with Gasteiger partial charge in [-0.1, -0.05) is 116 Å². The van der Waals surface area contributed by atoms with E-state index in [0.717, 1.165) is 0 Å². The Kier molecular flexibility index (Phi) is 16.1. The predicted molar refractivity (Wildman–Crippen MR) is 106 cm³/mol. The van der Waals surface area contributed by atoms with E-state index in [1.165, 1.54) is 102 Å². The molecule has 0 amide bonds. The quantitative estimate of drug-likeness (QED) is 0.144. The molecule has 2 heteroatoms. The first-order chi connectivity index (χ1) is 10.1. The lowest BCUT2D eigenvalue weighted by atomic mass is 10.0. The van der Waals surface area contributed by atoms with Crippen LogP contribution in [0.25, 0.3) is 0 Å². The maximum Gasteiger partial charge on any atom is 0.124 e. The summed E-state index contributed by atoms with van der Waals surface area (Å²) in [5.41, 5.74) is 0. The van der Waals surface area contributed by atoms with Crippen molar-refractivity contribution in [2.75, 3.05) is 0 Å². The molecule has 0 aromatic heterocycles. The highest BCUT2D eigenvalue weighted by atomic mass is 79.9. The van der Waals surface area contributed by atoms with Gasteiger partial charge in [0.05, 0.1) is 0 Å². The Morgan fingerprint density at radius 2 is 0.810 bits per heavy atom. The van der Waals surface area contributed by atoms with Gasteiger partial charge in [0.15, 0.2) is 0 Å². The first kappa shape index (κ1) is 21.7. The van der Waals surface area contributed by atoms with Gasteiger partial charge in [-0.3, -0.25) is 0 Å². The Labute approximate surface area is 144 Å². The molecule has 0 aromatic carbocycles. The third kappa shape index (κ3) is 20.7. The molecule has 0 atom stereocenters. The molecule has 0 rings (SSSR count). The summed E-state index contributed by atoms with van der Waals surface area (Å²) in [6.07, 6.45) is 22.0. The van der Waals surface area contributed by atoms with Gasteiger partial charge in [0.1, 0.15) is 6.69 Å². The van der Waals surface area contributed by atoms with Crippen molar-refractivity contribution in [2.45, 2.75) is 122 Å². The van der Waals surface area contributed by atoms with Crippen molar-refractivity contribution in [3.63, 3.8) is 0 Å². The van der Waals surface area contributed by atoms with Crippen LogP contribution in [-0.4, -0.2) is 6.69 Å². The minimum atomic E-state index is -0.950. The van der Waals surface area contributed by atoms with E-state index in [2.05, 4.69) is 35.3 Å². The summed E-state index contributed by atoms with van der Waals surface area (Å²) >= 11 is 3.86. The van der Waals surface area contributed by atoms with Gasteiger partial charge in [-0.2, -0.15) is 0 Å². The van der Waals surface area contributed by atoms with Crippen LogP contribution >= 0.6 is 15.3 Å². The third-order valence-corrected chi connectivity index (χ3v) is 7.11. The summed E-state index contributed by atoms with van der Waals surface area (Å²) in [4.78, 5) is 0. The van der Waals surface area contributed by atoms with Crippen molar-refractivity contribution in [1.29, 1.82) is 0 Å². The van der Waals surface area contributed by atoms with Crippen LogP contribution in [0.5, 0.6) is 0 Å². The Balaban J connectivity index is 3.00. The summed E-state index contributed by atoms with van der Waals surface area (Å²) in [5, 5.41) is 0. The number of rotatable bonds is 16. The summed E-state index contributed by atoms with van der Waals surface area (Å²) in [7, 11) is 0. The molecule has 0 nitrogen and oxygen atoms in total. The lowest BCUT2D eigenvalue weighted by Crippen LogP contribution is -2.13. The number of unbranched alkanes of at least 4 members (excludes halogenated alkanes) is 14. The van der Waals surface area contributed by atoms with Crippen LogP contribution in [0.4, 0.5) is 0 Å². The highest BCUT2D eigenvalue weighted by molar-refractivity contribution is 9.26. The summed E-state index contributed by atoms with van der Waals surface area (Å²) in [6.45, 7) is 6.17. The van der Waals surface area contributed by atoms with Crippen molar-refractivity contribution in [3.05, 3.63) is 0 Å². The standard InChI is InChI=1S/C19H41BrSi/c1-4-5-6-7-8-9-10-11-12-13-14-15-16-17-18-19-21(2,3)20/h4-19H2,1-3H3. The Bertz CT molecular complexity index is 198. The van der Waals surface area contributed by atoms with E-state index in [-0.39, 0.29) is 0 Å². The molecule has 0 bridgehead atoms. The molecule has 0 spiro atoms. The van der Waals surface area contributed by atoms with Gasteiger partial charge in [0.25, 0.3) is 0 Å². The largest absolute Gasteiger partial charge is 0.127 e. The molecular formula is C19H41BrSi. The molecule has 0 aliphatic rings. The third-order valence-electron chi connectivity index (χ3n) is 4.37. The molecule has 0 aromatic rings. The fourth-order valence-electron chi connectivity index (χ4n) is 2.92. The van der Waals surface area contributed by atoms with Crippen LogP contribution in [-0.2, 0) is 0 Å². The van der Waals surface area contributed by atoms with Gasteiger partial charge in [-0.05, 0) is 6.04 Å². The average molecular weight is 378 g/mol. The SMILES string of the molecule is CCCCCCCCCCCCCCCCC[Si](C)(C)Br. The number of hydrogen-bond donors (Lipinski definition) is 0. The van der Waals surface area contributed by atoms with E-state index in [1.807, 2.05) is 0 Å². The van der Waals surface area contributed by atoms with Gasteiger partial charge >= 0.3 is 0 Å². The molecule has 0 aliphatic heterocycles. The summed E-state index contributed by atoms with van der Waals surface area (Å²) in [5.74, 6) is 0. The topological polar surface area (TPSA) is 0 Å². The van der Waals surface area contributed by atoms with Crippen LogP contribution in [0.3, 0.4) is 0 Å². The minimum Gasteiger partial charge on any atom is -0.127 e. The van der Waals surface area contributed by atoms with Crippen LogP contribution in [0.15, 0.2) is 0 Å². The van der Waals surface area contributed by atoms with Gasteiger partial charge in [0, 0.05) is 0 Å². The van der Waals surface area contributed by atoms with Crippen molar-refractivity contribution < 1.29 is 0 Å². The van der Waals surface area contributed by atoms with Crippen LogP contribution in [0.1, 0.15) is 103 Å². The highest BCUT2D eigenvalue weighted by Gasteiger charge is 2.14. The van der Waals surface area contributed by atoms with Crippen molar-refractivity contribution in [2.24, 2.45) is 0 Å². The van der Waals surface area contributed by atoms with E-state index >= 15 is 0 Å². The fraction of sp³-hybridized carbons (Fsp3) is 1.00. The highest BCUT2D eigenvalue weighted by Crippen LogP contribution is 2.21.